The van der Waals surface area contributed by atoms with E-state index in [9.17, 15) is 9.90 Å². The molecule has 2 rings (SSSR count). The Hall–Kier alpha value is -1.85. The Morgan fingerprint density at radius 3 is 3.00 bits per heavy atom. The Morgan fingerprint density at radius 1 is 1.52 bits per heavy atom. The summed E-state index contributed by atoms with van der Waals surface area (Å²) in [5, 5.41) is 18.4. The second-order valence-corrected chi connectivity index (χ2v) is 5.28. The predicted octanol–water partition coefficient (Wildman–Crippen LogP) is 1.75. The number of nitrogens with zero attached hydrogens (tertiary/aromatic N) is 1. The molecule has 5 nitrogen and oxygen atoms in total. The average molecular weight is 291 g/mol. The number of piperidine rings is 1. The van der Waals surface area contributed by atoms with E-state index in [1.165, 1.54) is 6.08 Å². The molecule has 0 aromatic heterocycles. The van der Waals surface area contributed by atoms with Gasteiger partial charge in [0.25, 0.3) is 0 Å². The second kappa shape index (κ2) is 7.24. The van der Waals surface area contributed by atoms with Gasteiger partial charge in [0.1, 0.15) is 5.75 Å². The number of rotatable bonds is 5. The molecule has 0 aliphatic carbocycles. The molecule has 1 fully saturated rings. The summed E-state index contributed by atoms with van der Waals surface area (Å²) in [5.74, 6) is -0.337. The highest BCUT2D eigenvalue weighted by molar-refractivity contribution is 5.85. The lowest BCUT2D eigenvalue weighted by atomic mass is 10.1. The number of aliphatic hydroxyl groups is 1. The maximum Gasteiger partial charge on any atom is 0.328 e. The third-order valence-corrected chi connectivity index (χ3v) is 3.59. The maximum atomic E-state index is 10.6. The molecule has 1 aliphatic heterocycles. The lowest BCUT2D eigenvalue weighted by molar-refractivity contribution is -0.131. The Kier molecular flexibility index (Phi) is 5.36. The van der Waals surface area contributed by atoms with Gasteiger partial charge in [0, 0.05) is 24.7 Å². The highest BCUT2D eigenvalue weighted by Crippen LogP contribution is 2.23. The van der Waals surface area contributed by atoms with Crippen molar-refractivity contribution in [2.45, 2.75) is 25.5 Å². The van der Waals surface area contributed by atoms with Gasteiger partial charge in [-0.15, -0.1) is 0 Å². The van der Waals surface area contributed by atoms with Crippen LogP contribution in [0.1, 0.15) is 24.0 Å². The minimum atomic E-state index is -0.985. The Morgan fingerprint density at radius 2 is 2.33 bits per heavy atom. The minimum Gasteiger partial charge on any atom is -0.496 e. The number of hydrogen-bond acceptors (Lipinski definition) is 4. The van der Waals surface area contributed by atoms with Crippen LogP contribution < -0.4 is 4.74 Å². The molecule has 1 unspecified atom stereocenters. The first-order valence-electron chi connectivity index (χ1n) is 7.07. The summed E-state index contributed by atoms with van der Waals surface area (Å²) in [5.41, 5.74) is 1.82. The van der Waals surface area contributed by atoms with Crippen LogP contribution in [-0.2, 0) is 11.3 Å². The molecule has 1 aliphatic rings. The number of carboxylic acids is 1. The van der Waals surface area contributed by atoms with E-state index in [0.29, 0.717) is 12.3 Å². The number of methoxy groups -OCH3 is 1. The topological polar surface area (TPSA) is 70.0 Å². The summed E-state index contributed by atoms with van der Waals surface area (Å²) < 4.78 is 5.24. The number of aliphatic hydroxyl groups excluding tert-OH is 1. The second-order valence-electron chi connectivity index (χ2n) is 5.28. The van der Waals surface area contributed by atoms with Gasteiger partial charge in [-0.2, -0.15) is 0 Å². The first-order chi connectivity index (χ1) is 10.1. The van der Waals surface area contributed by atoms with E-state index >= 15 is 0 Å². The van der Waals surface area contributed by atoms with Gasteiger partial charge >= 0.3 is 5.97 Å². The van der Waals surface area contributed by atoms with Gasteiger partial charge in [-0.1, -0.05) is 6.07 Å². The van der Waals surface area contributed by atoms with E-state index in [2.05, 4.69) is 4.90 Å². The quantitative estimate of drug-likeness (QED) is 0.809. The first kappa shape index (κ1) is 15.5. The number of benzene rings is 1. The normalized spacial score (nSPS) is 19.8. The van der Waals surface area contributed by atoms with Crippen LogP contribution in [0.4, 0.5) is 0 Å². The van der Waals surface area contributed by atoms with E-state index in [1.54, 1.807) is 7.11 Å². The maximum absolute atomic E-state index is 10.6. The summed E-state index contributed by atoms with van der Waals surface area (Å²) >= 11 is 0. The number of hydrogen-bond donors (Lipinski definition) is 2. The minimum absolute atomic E-state index is 0.247. The van der Waals surface area contributed by atoms with Crippen molar-refractivity contribution in [3.8, 4) is 5.75 Å². The fourth-order valence-electron chi connectivity index (χ4n) is 2.61. The fourth-order valence-corrected chi connectivity index (χ4v) is 2.61. The van der Waals surface area contributed by atoms with Gasteiger partial charge in [0.05, 0.1) is 13.2 Å². The molecule has 1 aromatic carbocycles. The van der Waals surface area contributed by atoms with E-state index in [4.69, 9.17) is 9.84 Å². The van der Waals surface area contributed by atoms with E-state index in [0.717, 1.165) is 43.1 Å². The Labute approximate surface area is 124 Å². The SMILES string of the molecule is COc1ccc(CN2CCCC(O)C2)cc1C=CC(=O)O. The van der Waals surface area contributed by atoms with Crippen molar-refractivity contribution in [3.63, 3.8) is 0 Å². The van der Waals surface area contributed by atoms with Crippen LogP contribution in [-0.4, -0.2) is 47.4 Å². The molecule has 0 saturated carbocycles. The average Bonchev–Trinajstić information content (AvgIpc) is 2.45. The van der Waals surface area contributed by atoms with Gasteiger partial charge in [0.15, 0.2) is 0 Å². The zero-order valence-electron chi connectivity index (χ0n) is 12.2. The number of β-amino-alcohol motifs (C(OH)–C–C–N with tert-alkyl or cyclic N) is 1. The molecule has 1 atom stereocenters. The van der Waals surface area contributed by atoms with Crippen molar-refractivity contribution in [1.29, 1.82) is 0 Å². The number of likely N-dealkylation sites (tertiary alicyclic amines) is 1. The number of aliphatic carboxylic acids is 1. The lowest BCUT2D eigenvalue weighted by Gasteiger charge is -2.30. The van der Waals surface area contributed by atoms with E-state index < -0.39 is 5.97 Å². The summed E-state index contributed by atoms with van der Waals surface area (Å²) in [6, 6.07) is 5.74. The molecule has 21 heavy (non-hydrogen) atoms. The summed E-state index contributed by atoms with van der Waals surface area (Å²) in [6.45, 7) is 2.41. The summed E-state index contributed by atoms with van der Waals surface area (Å²) in [7, 11) is 1.56. The molecule has 1 aromatic rings. The van der Waals surface area contributed by atoms with Gasteiger partial charge in [-0.05, 0) is 43.2 Å². The number of carbonyl (C=O) groups is 1. The van der Waals surface area contributed by atoms with Crippen molar-refractivity contribution in [3.05, 3.63) is 35.4 Å². The molecule has 1 heterocycles. The standard InChI is InChI=1S/C16H21NO4/c1-21-15-6-4-12(9-13(15)5-7-16(19)20)10-17-8-2-3-14(18)11-17/h4-7,9,14,18H,2-3,8,10-11H2,1H3,(H,19,20). The molecular formula is C16H21NO4. The third kappa shape index (κ3) is 4.58. The van der Waals surface area contributed by atoms with Gasteiger partial charge < -0.3 is 14.9 Å². The molecule has 5 heteroatoms. The van der Waals surface area contributed by atoms with Crippen LogP contribution in [0.15, 0.2) is 24.3 Å². The first-order valence-corrected chi connectivity index (χ1v) is 7.07. The molecule has 0 bridgehead atoms. The Bertz CT molecular complexity index is 527. The molecule has 1 saturated heterocycles. The van der Waals surface area contributed by atoms with Crippen molar-refractivity contribution in [2.24, 2.45) is 0 Å². The van der Waals surface area contributed by atoms with Crippen LogP contribution in [0.2, 0.25) is 0 Å². The number of ether oxygens (including phenoxy) is 1. The molecule has 0 amide bonds. The molecule has 2 N–H and O–H groups in total. The highest BCUT2D eigenvalue weighted by Gasteiger charge is 2.17. The zero-order valence-corrected chi connectivity index (χ0v) is 12.2. The zero-order chi connectivity index (χ0) is 15.2. The van der Waals surface area contributed by atoms with Crippen molar-refractivity contribution >= 4 is 12.0 Å². The molecule has 0 spiro atoms. The van der Waals surface area contributed by atoms with Crippen molar-refractivity contribution < 1.29 is 19.7 Å². The largest absolute Gasteiger partial charge is 0.496 e. The third-order valence-electron chi connectivity index (χ3n) is 3.59. The van der Waals surface area contributed by atoms with Crippen molar-refractivity contribution in [1.82, 2.24) is 4.90 Å². The van der Waals surface area contributed by atoms with Crippen LogP contribution in [0.25, 0.3) is 6.08 Å². The van der Waals surface area contributed by atoms with E-state index in [-0.39, 0.29) is 6.10 Å². The van der Waals surface area contributed by atoms with Gasteiger partial charge in [0.2, 0.25) is 0 Å². The van der Waals surface area contributed by atoms with Gasteiger partial charge in [-0.25, -0.2) is 4.79 Å². The van der Waals surface area contributed by atoms with Gasteiger partial charge in [-0.3, -0.25) is 4.90 Å². The monoisotopic (exact) mass is 291 g/mol. The molecular weight excluding hydrogens is 270 g/mol. The van der Waals surface area contributed by atoms with Crippen LogP contribution in [0.5, 0.6) is 5.75 Å². The summed E-state index contributed by atoms with van der Waals surface area (Å²) in [6.07, 6.45) is 4.26. The van der Waals surface area contributed by atoms with E-state index in [1.807, 2.05) is 18.2 Å². The Balaban J connectivity index is 2.13. The fraction of sp³-hybridized carbons (Fsp3) is 0.438. The smallest absolute Gasteiger partial charge is 0.328 e. The molecule has 0 radical (unpaired) electrons. The summed E-state index contributed by atoms with van der Waals surface area (Å²) in [4.78, 5) is 12.9. The highest BCUT2D eigenvalue weighted by atomic mass is 16.5. The van der Waals surface area contributed by atoms with Crippen LogP contribution in [0, 0.1) is 0 Å². The van der Waals surface area contributed by atoms with Crippen LogP contribution >= 0.6 is 0 Å². The number of carboxylic acid groups (broad SMARTS) is 1. The molecule has 114 valence electrons. The van der Waals surface area contributed by atoms with Crippen molar-refractivity contribution in [2.75, 3.05) is 20.2 Å². The lowest BCUT2D eigenvalue weighted by Crippen LogP contribution is -2.37. The predicted molar refractivity (Wildman–Crippen MR) is 80.2 cm³/mol. The van der Waals surface area contributed by atoms with Crippen LogP contribution in [0.3, 0.4) is 0 Å².